The summed E-state index contributed by atoms with van der Waals surface area (Å²) in [5.41, 5.74) is 9.00. The van der Waals surface area contributed by atoms with Gasteiger partial charge in [0, 0.05) is 34.4 Å². The molecule has 0 aliphatic rings. The Balaban J connectivity index is 1.97. The van der Waals surface area contributed by atoms with Crippen molar-refractivity contribution in [1.29, 1.82) is 0 Å². The standard InChI is InChI=1S/C15H13ClN2/c16-13-3-1-11(2-4-13)10-18-8-7-12-9-14(17)5-6-15(12)18/h1-9H,10,17H2. The molecule has 0 saturated heterocycles. The number of benzene rings is 2. The van der Waals surface area contributed by atoms with Gasteiger partial charge in [-0.15, -0.1) is 0 Å². The number of halogens is 1. The first-order chi connectivity index (χ1) is 8.72. The molecule has 3 rings (SSSR count). The average molecular weight is 257 g/mol. The third-order valence-corrected chi connectivity index (χ3v) is 3.31. The van der Waals surface area contributed by atoms with E-state index in [1.54, 1.807) is 0 Å². The Bertz CT molecular complexity index is 683. The smallest absolute Gasteiger partial charge is 0.0484 e. The highest BCUT2D eigenvalue weighted by atomic mass is 35.5. The lowest BCUT2D eigenvalue weighted by molar-refractivity contribution is 0.837. The van der Waals surface area contributed by atoms with Crippen LogP contribution in [-0.2, 0) is 6.54 Å². The molecule has 0 unspecified atom stereocenters. The third-order valence-electron chi connectivity index (χ3n) is 3.06. The first-order valence-electron chi connectivity index (χ1n) is 5.81. The van der Waals surface area contributed by atoms with E-state index in [-0.39, 0.29) is 0 Å². The van der Waals surface area contributed by atoms with E-state index in [0.29, 0.717) is 0 Å². The zero-order valence-corrected chi connectivity index (χ0v) is 10.6. The topological polar surface area (TPSA) is 30.9 Å². The van der Waals surface area contributed by atoms with Gasteiger partial charge in [-0.3, -0.25) is 0 Å². The summed E-state index contributed by atoms with van der Waals surface area (Å²) in [5.74, 6) is 0. The number of nitrogen functional groups attached to an aromatic ring is 1. The van der Waals surface area contributed by atoms with Crippen LogP contribution in [-0.4, -0.2) is 4.57 Å². The van der Waals surface area contributed by atoms with Crippen LogP contribution in [0.1, 0.15) is 5.56 Å². The summed E-state index contributed by atoms with van der Waals surface area (Å²) in [4.78, 5) is 0. The molecule has 18 heavy (non-hydrogen) atoms. The van der Waals surface area contributed by atoms with Crippen LogP contribution in [0.3, 0.4) is 0 Å². The Morgan fingerprint density at radius 2 is 1.78 bits per heavy atom. The molecule has 0 aliphatic heterocycles. The molecule has 0 spiro atoms. The van der Waals surface area contributed by atoms with Crippen LogP contribution in [0.25, 0.3) is 10.9 Å². The van der Waals surface area contributed by atoms with Gasteiger partial charge in [0.25, 0.3) is 0 Å². The number of hydrogen-bond donors (Lipinski definition) is 1. The Kier molecular flexibility index (Phi) is 2.73. The fraction of sp³-hybridized carbons (Fsp3) is 0.0667. The number of nitrogens with zero attached hydrogens (tertiary/aromatic N) is 1. The van der Waals surface area contributed by atoms with Crippen molar-refractivity contribution < 1.29 is 0 Å². The lowest BCUT2D eigenvalue weighted by Crippen LogP contribution is -1.97. The van der Waals surface area contributed by atoms with Crippen LogP contribution in [0.15, 0.2) is 54.7 Å². The summed E-state index contributed by atoms with van der Waals surface area (Å²) in [6.45, 7) is 0.838. The molecular weight excluding hydrogens is 244 g/mol. The highest BCUT2D eigenvalue weighted by molar-refractivity contribution is 6.30. The second kappa shape index (κ2) is 4.39. The molecule has 2 aromatic carbocycles. The largest absolute Gasteiger partial charge is 0.399 e. The van der Waals surface area contributed by atoms with Crippen LogP contribution >= 0.6 is 11.6 Å². The summed E-state index contributed by atoms with van der Waals surface area (Å²) in [6, 6.07) is 16.0. The SMILES string of the molecule is Nc1ccc2c(ccn2Cc2ccc(Cl)cc2)c1. The van der Waals surface area contributed by atoms with Crippen LogP contribution in [0.5, 0.6) is 0 Å². The quantitative estimate of drug-likeness (QED) is 0.692. The van der Waals surface area contributed by atoms with E-state index in [2.05, 4.69) is 22.9 Å². The molecule has 3 aromatic rings. The van der Waals surface area contributed by atoms with Gasteiger partial charge in [0.15, 0.2) is 0 Å². The zero-order chi connectivity index (χ0) is 12.5. The van der Waals surface area contributed by atoms with Crippen molar-refractivity contribution in [2.45, 2.75) is 6.54 Å². The molecule has 0 bridgehead atoms. The van der Waals surface area contributed by atoms with E-state index in [0.717, 1.165) is 17.3 Å². The molecule has 0 aliphatic carbocycles. The molecular formula is C15H13ClN2. The van der Waals surface area contributed by atoms with E-state index in [1.165, 1.54) is 16.5 Å². The van der Waals surface area contributed by atoms with Gasteiger partial charge in [-0.25, -0.2) is 0 Å². The van der Waals surface area contributed by atoms with Gasteiger partial charge in [-0.2, -0.15) is 0 Å². The van der Waals surface area contributed by atoms with Crippen molar-refractivity contribution in [3.8, 4) is 0 Å². The van der Waals surface area contributed by atoms with Gasteiger partial charge < -0.3 is 10.3 Å². The first-order valence-corrected chi connectivity index (χ1v) is 6.19. The van der Waals surface area contributed by atoms with Crippen molar-refractivity contribution in [2.75, 3.05) is 5.73 Å². The molecule has 90 valence electrons. The summed E-state index contributed by atoms with van der Waals surface area (Å²) in [5, 5.41) is 1.94. The third kappa shape index (κ3) is 2.07. The molecule has 0 atom stereocenters. The first kappa shape index (κ1) is 11.2. The summed E-state index contributed by atoms with van der Waals surface area (Å²) in [7, 11) is 0. The van der Waals surface area contributed by atoms with Gasteiger partial charge in [-0.1, -0.05) is 23.7 Å². The normalized spacial score (nSPS) is 10.9. The van der Waals surface area contributed by atoms with Crippen LogP contribution < -0.4 is 5.73 Å². The lowest BCUT2D eigenvalue weighted by Gasteiger charge is -2.06. The number of rotatable bonds is 2. The maximum atomic E-state index is 5.89. The predicted octanol–water partition coefficient (Wildman–Crippen LogP) is 3.93. The molecule has 0 fully saturated rings. The molecule has 3 heteroatoms. The number of anilines is 1. The van der Waals surface area contributed by atoms with Gasteiger partial charge >= 0.3 is 0 Å². The molecule has 0 amide bonds. The van der Waals surface area contributed by atoms with E-state index in [9.17, 15) is 0 Å². The fourth-order valence-corrected chi connectivity index (χ4v) is 2.27. The molecule has 2 nitrogen and oxygen atoms in total. The van der Waals surface area contributed by atoms with E-state index in [1.807, 2.05) is 36.4 Å². The number of aromatic nitrogens is 1. The number of nitrogens with two attached hydrogens (primary N) is 1. The maximum absolute atomic E-state index is 5.89. The fourth-order valence-electron chi connectivity index (χ4n) is 2.14. The average Bonchev–Trinajstić information content (AvgIpc) is 2.74. The second-order valence-corrected chi connectivity index (χ2v) is 4.82. The highest BCUT2D eigenvalue weighted by Crippen LogP contribution is 2.20. The Hall–Kier alpha value is -1.93. The highest BCUT2D eigenvalue weighted by Gasteiger charge is 2.02. The Morgan fingerprint density at radius 1 is 1.00 bits per heavy atom. The van der Waals surface area contributed by atoms with Gasteiger partial charge in [0.05, 0.1) is 0 Å². The molecule has 0 saturated carbocycles. The zero-order valence-electron chi connectivity index (χ0n) is 9.81. The van der Waals surface area contributed by atoms with Crippen LogP contribution in [0.2, 0.25) is 5.02 Å². The van der Waals surface area contributed by atoms with Crippen molar-refractivity contribution in [3.63, 3.8) is 0 Å². The minimum Gasteiger partial charge on any atom is -0.399 e. The van der Waals surface area contributed by atoms with Gasteiger partial charge in [0.2, 0.25) is 0 Å². The minimum atomic E-state index is 0.767. The molecule has 1 aromatic heterocycles. The Morgan fingerprint density at radius 3 is 2.56 bits per heavy atom. The molecule has 1 heterocycles. The van der Waals surface area contributed by atoms with E-state index < -0.39 is 0 Å². The number of hydrogen-bond acceptors (Lipinski definition) is 1. The monoisotopic (exact) mass is 256 g/mol. The van der Waals surface area contributed by atoms with Gasteiger partial charge in [-0.05, 0) is 42.0 Å². The molecule has 2 N–H and O–H groups in total. The van der Waals surface area contributed by atoms with Crippen LogP contribution in [0, 0.1) is 0 Å². The van der Waals surface area contributed by atoms with E-state index >= 15 is 0 Å². The summed E-state index contributed by atoms with van der Waals surface area (Å²) < 4.78 is 2.21. The number of fused-ring (bicyclic) bond motifs is 1. The molecule has 0 radical (unpaired) electrons. The van der Waals surface area contributed by atoms with Crippen molar-refractivity contribution >= 4 is 28.2 Å². The van der Waals surface area contributed by atoms with Gasteiger partial charge in [0.1, 0.15) is 0 Å². The lowest BCUT2D eigenvalue weighted by atomic mass is 10.2. The summed E-state index contributed by atoms with van der Waals surface area (Å²) >= 11 is 5.89. The van der Waals surface area contributed by atoms with Crippen molar-refractivity contribution in [3.05, 3.63) is 65.3 Å². The maximum Gasteiger partial charge on any atom is 0.0484 e. The Labute approximate surface area is 111 Å². The van der Waals surface area contributed by atoms with Crippen molar-refractivity contribution in [1.82, 2.24) is 4.57 Å². The predicted molar refractivity (Wildman–Crippen MR) is 76.9 cm³/mol. The van der Waals surface area contributed by atoms with Crippen molar-refractivity contribution in [2.24, 2.45) is 0 Å². The second-order valence-electron chi connectivity index (χ2n) is 4.39. The minimum absolute atomic E-state index is 0.767. The summed E-state index contributed by atoms with van der Waals surface area (Å²) in [6.07, 6.45) is 2.08. The van der Waals surface area contributed by atoms with E-state index in [4.69, 9.17) is 17.3 Å². The van der Waals surface area contributed by atoms with Crippen LogP contribution in [0.4, 0.5) is 5.69 Å².